The van der Waals surface area contributed by atoms with Gasteiger partial charge in [0.15, 0.2) is 5.82 Å². The summed E-state index contributed by atoms with van der Waals surface area (Å²) < 4.78 is 13.1. The fraction of sp³-hybridized carbons (Fsp3) is 0.370. The lowest BCUT2D eigenvalue weighted by atomic mass is 9.87. The number of hydrogen-bond donors (Lipinski definition) is 1. The zero-order valence-corrected chi connectivity index (χ0v) is 21.0. The fourth-order valence-corrected chi connectivity index (χ4v) is 4.76. The van der Waals surface area contributed by atoms with Crippen molar-refractivity contribution < 1.29 is 14.3 Å². The van der Waals surface area contributed by atoms with E-state index in [4.69, 9.17) is 9.47 Å². The first-order valence-electron chi connectivity index (χ1n) is 12.2. The number of esters is 1. The number of carbonyl (C=O) groups is 1. The molecule has 1 saturated carbocycles. The molecule has 0 unspecified atom stereocenters. The summed E-state index contributed by atoms with van der Waals surface area (Å²) in [5.74, 6) is 2.71. The Kier molecular flexibility index (Phi) is 6.54. The van der Waals surface area contributed by atoms with Crippen molar-refractivity contribution in [1.82, 2.24) is 24.6 Å². The lowest BCUT2D eigenvalue weighted by Gasteiger charge is -2.28. The molecule has 1 N–H and O–H groups in total. The minimum absolute atomic E-state index is 0.0345. The molecule has 0 atom stereocenters. The van der Waals surface area contributed by atoms with E-state index in [1.54, 1.807) is 6.20 Å². The van der Waals surface area contributed by atoms with E-state index in [9.17, 15) is 4.79 Å². The number of hydrogen-bond acceptors (Lipinski definition) is 8. The Labute approximate surface area is 209 Å². The summed E-state index contributed by atoms with van der Waals surface area (Å²) in [6.45, 7) is 5.78. The lowest BCUT2D eigenvalue weighted by Crippen LogP contribution is -2.28. The molecule has 0 aromatic carbocycles. The van der Waals surface area contributed by atoms with E-state index in [1.807, 2.05) is 55.7 Å². The highest BCUT2D eigenvalue weighted by Gasteiger charge is 2.28. The van der Waals surface area contributed by atoms with Crippen molar-refractivity contribution in [2.24, 2.45) is 5.92 Å². The molecular weight excluding hydrogens is 456 g/mol. The minimum atomic E-state index is -0.126. The average molecular weight is 487 g/mol. The molecule has 0 saturated heterocycles. The van der Waals surface area contributed by atoms with Crippen LogP contribution in [0.2, 0.25) is 0 Å². The van der Waals surface area contributed by atoms with Crippen LogP contribution in [0.5, 0.6) is 5.75 Å². The zero-order chi connectivity index (χ0) is 25.2. The van der Waals surface area contributed by atoms with E-state index in [-0.39, 0.29) is 18.0 Å². The first kappa shape index (κ1) is 23.7. The SMILES string of the molecule is COC(=O)[C@H]1CC[C@H](Oc2cnc(C)cc2-c2ccn3nc(Nc4cc(C)nc(C)n4)cc3c2)CC1. The number of methoxy groups -OCH3 is 1. The summed E-state index contributed by atoms with van der Waals surface area (Å²) in [6, 6.07) is 10.0. The van der Waals surface area contributed by atoms with Gasteiger partial charge in [-0.2, -0.15) is 5.10 Å². The van der Waals surface area contributed by atoms with Crippen molar-refractivity contribution in [3.8, 4) is 16.9 Å². The monoisotopic (exact) mass is 486 g/mol. The molecule has 1 aliphatic rings. The largest absolute Gasteiger partial charge is 0.488 e. The first-order valence-corrected chi connectivity index (χ1v) is 12.2. The Balaban J connectivity index is 1.37. The predicted octanol–water partition coefficient (Wildman–Crippen LogP) is 4.97. The standard InChI is InChI=1S/C27H30N6O3/c1-16-11-23(24(15-28-16)36-22-7-5-19(6-8-22)27(34)35-4)20-9-10-33-21(13-20)14-26(32-33)31-25-12-17(2)29-18(3)30-25/h9-15,19,22H,5-8H2,1-4H3,(H,29,30,31,32)/t19-,22-. The van der Waals surface area contributed by atoms with Gasteiger partial charge in [-0.25, -0.2) is 14.5 Å². The maximum absolute atomic E-state index is 11.9. The number of nitrogens with zero attached hydrogens (tertiary/aromatic N) is 5. The Morgan fingerprint density at radius 3 is 2.56 bits per heavy atom. The summed E-state index contributed by atoms with van der Waals surface area (Å²) in [6.07, 6.45) is 6.95. The van der Waals surface area contributed by atoms with Crippen LogP contribution < -0.4 is 10.1 Å². The van der Waals surface area contributed by atoms with Crippen LogP contribution in [0.3, 0.4) is 0 Å². The number of carbonyl (C=O) groups excluding carboxylic acids is 1. The third-order valence-electron chi connectivity index (χ3n) is 6.50. The van der Waals surface area contributed by atoms with Crippen LogP contribution in [0, 0.1) is 26.7 Å². The molecule has 1 aliphatic carbocycles. The van der Waals surface area contributed by atoms with E-state index in [2.05, 4.69) is 31.4 Å². The van der Waals surface area contributed by atoms with Gasteiger partial charge in [0.2, 0.25) is 0 Å². The molecule has 0 bridgehead atoms. The van der Waals surface area contributed by atoms with Crippen LogP contribution in [-0.4, -0.2) is 43.7 Å². The van der Waals surface area contributed by atoms with Crippen molar-refractivity contribution in [2.45, 2.75) is 52.6 Å². The second-order valence-corrected chi connectivity index (χ2v) is 9.32. The summed E-state index contributed by atoms with van der Waals surface area (Å²) >= 11 is 0. The molecule has 4 aromatic rings. The molecule has 0 spiro atoms. The highest BCUT2D eigenvalue weighted by molar-refractivity contribution is 5.75. The van der Waals surface area contributed by atoms with Crippen LogP contribution in [0.4, 0.5) is 11.6 Å². The molecule has 4 aromatic heterocycles. The quantitative estimate of drug-likeness (QED) is 0.381. The Bertz CT molecular complexity index is 1390. The zero-order valence-electron chi connectivity index (χ0n) is 21.0. The van der Waals surface area contributed by atoms with Crippen molar-refractivity contribution >= 4 is 23.1 Å². The van der Waals surface area contributed by atoms with Gasteiger partial charge in [0.05, 0.1) is 30.8 Å². The molecule has 186 valence electrons. The summed E-state index contributed by atoms with van der Waals surface area (Å²) in [7, 11) is 1.45. The number of ether oxygens (including phenoxy) is 2. The number of pyridine rings is 2. The van der Waals surface area contributed by atoms with E-state index >= 15 is 0 Å². The molecular formula is C27H30N6O3. The number of nitrogens with one attached hydrogen (secondary N) is 1. The highest BCUT2D eigenvalue weighted by Crippen LogP contribution is 2.35. The van der Waals surface area contributed by atoms with Gasteiger partial charge in [0.25, 0.3) is 0 Å². The topological polar surface area (TPSA) is 104 Å². The molecule has 9 nitrogen and oxygen atoms in total. The summed E-state index contributed by atoms with van der Waals surface area (Å²) in [5.41, 5.74) is 4.76. The molecule has 0 aliphatic heterocycles. The van der Waals surface area contributed by atoms with E-state index in [0.29, 0.717) is 17.5 Å². The maximum atomic E-state index is 11.9. The van der Waals surface area contributed by atoms with Gasteiger partial charge in [-0.3, -0.25) is 9.78 Å². The number of aromatic nitrogens is 5. The molecule has 0 radical (unpaired) electrons. The van der Waals surface area contributed by atoms with Gasteiger partial charge in [-0.15, -0.1) is 0 Å². The van der Waals surface area contributed by atoms with Gasteiger partial charge in [0, 0.05) is 35.3 Å². The minimum Gasteiger partial charge on any atom is -0.488 e. The number of aryl methyl sites for hydroxylation is 3. The van der Waals surface area contributed by atoms with Crippen LogP contribution in [0.1, 0.15) is 42.9 Å². The molecule has 9 heteroatoms. The highest BCUT2D eigenvalue weighted by atomic mass is 16.5. The van der Waals surface area contributed by atoms with Crippen LogP contribution in [0.15, 0.2) is 42.7 Å². The lowest BCUT2D eigenvalue weighted by molar-refractivity contribution is -0.147. The summed E-state index contributed by atoms with van der Waals surface area (Å²) in [4.78, 5) is 25.1. The van der Waals surface area contributed by atoms with E-state index in [0.717, 1.165) is 59.5 Å². The van der Waals surface area contributed by atoms with Crippen LogP contribution in [-0.2, 0) is 9.53 Å². The van der Waals surface area contributed by atoms with E-state index in [1.165, 1.54) is 7.11 Å². The fourth-order valence-electron chi connectivity index (χ4n) is 4.76. The van der Waals surface area contributed by atoms with Gasteiger partial charge in [-0.1, -0.05) is 0 Å². The number of fused-ring (bicyclic) bond motifs is 1. The molecule has 1 fully saturated rings. The smallest absolute Gasteiger partial charge is 0.308 e. The predicted molar refractivity (Wildman–Crippen MR) is 136 cm³/mol. The van der Waals surface area contributed by atoms with Gasteiger partial charge in [0.1, 0.15) is 17.4 Å². The molecule has 36 heavy (non-hydrogen) atoms. The maximum Gasteiger partial charge on any atom is 0.308 e. The van der Waals surface area contributed by atoms with Crippen molar-refractivity contribution in [1.29, 1.82) is 0 Å². The number of anilines is 2. The third kappa shape index (κ3) is 5.15. The number of rotatable bonds is 6. The normalized spacial score (nSPS) is 17.7. The first-order chi connectivity index (χ1) is 17.4. The molecule has 5 rings (SSSR count). The van der Waals surface area contributed by atoms with Crippen molar-refractivity contribution in [3.63, 3.8) is 0 Å². The van der Waals surface area contributed by atoms with Crippen LogP contribution >= 0.6 is 0 Å². The Hall–Kier alpha value is -4.01. The van der Waals surface area contributed by atoms with Gasteiger partial charge < -0.3 is 14.8 Å². The summed E-state index contributed by atoms with van der Waals surface area (Å²) in [5, 5.41) is 7.90. The molecule has 0 amide bonds. The molecule has 4 heterocycles. The second kappa shape index (κ2) is 9.93. The van der Waals surface area contributed by atoms with Gasteiger partial charge in [-0.05, 0) is 70.2 Å². The Morgan fingerprint density at radius 1 is 1.00 bits per heavy atom. The third-order valence-corrected chi connectivity index (χ3v) is 6.50. The van der Waals surface area contributed by atoms with Gasteiger partial charge >= 0.3 is 5.97 Å². The Morgan fingerprint density at radius 2 is 1.81 bits per heavy atom. The van der Waals surface area contributed by atoms with Crippen molar-refractivity contribution in [3.05, 3.63) is 59.9 Å². The van der Waals surface area contributed by atoms with Crippen LogP contribution in [0.25, 0.3) is 16.6 Å². The average Bonchev–Trinajstić information content (AvgIpc) is 3.25. The second-order valence-electron chi connectivity index (χ2n) is 9.32. The van der Waals surface area contributed by atoms with E-state index < -0.39 is 0 Å². The van der Waals surface area contributed by atoms with Crippen molar-refractivity contribution in [2.75, 3.05) is 12.4 Å².